The van der Waals surface area contributed by atoms with Gasteiger partial charge in [-0.15, -0.1) is 0 Å². The molecular formula is C23H38O2S. The van der Waals surface area contributed by atoms with Gasteiger partial charge in [-0.1, -0.05) is 109 Å². The fourth-order valence-corrected chi connectivity index (χ4v) is 3.02. The molecule has 26 heavy (non-hydrogen) atoms. The SMILES string of the molecule is CCCCCCCCCCCCCCCCCCC#CC#CC(=O)OS. The summed E-state index contributed by atoms with van der Waals surface area (Å²) >= 11 is 3.36. The summed E-state index contributed by atoms with van der Waals surface area (Å²) in [5, 5.41) is 0. The summed E-state index contributed by atoms with van der Waals surface area (Å²) in [6.45, 7) is 2.28. The van der Waals surface area contributed by atoms with Crippen molar-refractivity contribution < 1.29 is 8.98 Å². The number of unbranched alkanes of at least 4 members (excludes halogenated alkanes) is 16. The van der Waals surface area contributed by atoms with E-state index in [9.17, 15) is 4.79 Å². The Bertz CT molecular complexity index is 437. The standard InChI is InChI=1S/C23H38O2S/c1-2-3-4-5-6-7-8-9-10-11-12-13-14-15-16-17-18-19-20-21-22-23(24)25-26/h26H,2-18H2,1H3. The lowest BCUT2D eigenvalue weighted by Gasteiger charge is -2.03. The summed E-state index contributed by atoms with van der Waals surface area (Å²) in [5.74, 6) is 9.64. The van der Waals surface area contributed by atoms with Crippen LogP contribution in [0, 0.1) is 23.7 Å². The normalized spacial score (nSPS) is 9.77. The zero-order chi connectivity index (χ0) is 19.1. The third-order valence-electron chi connectivity index (χ3n) is 4.55. The average Bonchev–Trinajstić information content (AvgIpc) is 2.66. The molecule has 0 N–H and O–H groups in total. The number of thiol groups is 1. The van der Waals surface area contributed by atoms with Crippen LogP contribution < -0.4 is 0 Å². The number of hydrogen-bond donors (Lipinski definition) is 1. The molecular weight excluding hydrogens is 340 g/mol. The first-order chi connectivity index (χ1) is 12.8. The Hall–Kier alpha value is -1.06. The maximum atomic E-state index is 10.7. The summed E-state index contributed by atoms with van der Waals surface area (Å²) in [7, 11) is 0. The first-order valence-corrected chi connectivity index (χ1v) is 11.0. The van der Waals surface area contributed by atoms with Gasteiger partial charge in [-0.25, -0.2) is 4.79 Å². The van der Waals surface area contributed by atoms with Crippen LogP contribution in [-0.4, -0.2) is 5.97 Å². The minimum Gasteiger partial charge on any atom is -0.385 e. The first kappa shape index (κ1) is 24.9. The number of rotatable bonds is 16. The quantitative estimate of drug-likeness (QED) is 0.135. The predicted octanol–water partition coefficient (Wildman–Crippen LogP) is 7.03. The molecule has 0 aromatic carbocycles. The molecule has 0 saturated carbocycles. The van der Waals surface area contributed by atoms with Gasteiger partial charge in [0.25, 0.3) is 0 Å². The second kappa shape index (κ2) is 22.0. The van der Waals surface area contributed by atoms with Gasteiger partial charge >= 0.3 is 5.97 Å². The second-order valence-electron chi connectivity index (χ2n) is 6.98. The number of hydrogen-bond acceptors (Lipinski definition) is 3. The van der Waals surface area contributed by atoms with Gasteiger partial charge in [0.1, 0.15) is 0 Å². The zero-order valence-electron chi connectivity index (χ0n) is 16.8. The van der Waals surface area contributed by atoms with Crippen molar-refractivity contribution in [1.82, 2.24) is 0 Å². The minimum atomic E-state index is -0.662. The molecule has 2 nitrogen and oxygen atoms in total. The Balaban J connectivity index is 3.17. The van der Waals surface area contributed by atoms with Gasteiger partial charge < -0.3 is 4.18 Å². The topological polar surface area (TPSA) is 26.3 Å². The molecule has 0 atom stereocenters. The van der Waals surface area contributed by atoms with E-state index >= 15 is 0 Å². The molecule has 0 spiro atoms. The van der Waals surface area contributed by atoms with Crippen molar-refractivity contribution in [3.05, 3.63) is 0 Å². The van der Waals surface area contributed by atoms with Gasteiger partial charge in [-0.3, -0.25) is 0 Å². The lowest BCUT2D eigenvalue weighted by Crippen LogP contribution is -1.89. The van der Waals surface area contributed by atoms with Crippen LogP contribution in [0.15, 0.2) is 0 Å². The van der Waals surface area contributed by atoms with E-state index in [2.05, 4.69) is 47.7 Å². The molecule has 0 amide bonds. The monoisotopic (exact) mass is 378 g/mol. The van der Waals surface area contributed by atoms with E-state index < -0.39 is 5.97 Å². The Labute approximate surface area is 167 Å². The van der Waals surface area contributed by atoms with Crippen molar-refractivity contribution in [1.29, 1.82) is 0 Å². The van der Waals surface area contributed by atoms with Crippen molar-refractivity contribution >= 4 is 18.9 Å². The van der Waals surface area contributed by atoms with Crippen molar-refractivity contribution in [2.75, 3.05) is 0 Å². The van der Waals surface area contributed by atoms with Crippen LogP contribution in [0.4, 0.5) is 0 Å². The fourth-order valence-electron chi connectivity index (χ4n) is 2.97. The molecule has 0 aromatic rings. The molecule has 0 heterocycles. The summed E-state index contributed by atoms with van der Waals surface area (Å²) < 4.78 is 4.10. The maximum absolute atomic E-state index is 10.7. The lowest BCUT2D eigenvalue weighted by atomic mass is 10.0. The van der Waals surface area contributed by atoms with Crippen LogP contribution in [0.1, 0.15) is 116 Å². The van der Waals surface area contributed by atoms with Gasteiger partial charge in [-0.2, -0.15) is 0 Å². The highest BCUT2D eigenvalue weighted by atomic mass is 32.1. The van der Waals surface area contributed by atoms with Crippen LogP contribution in [0.25, 0.3) is 0 Å². The van der Waals surface area contributed by atoms with Gasteiger partial charge in [-0.05, 0) is 18.3 Å². The molecule has 0 rings (SSSR count). The van der Waals surface area contributed by atoms with E-state index in [0.29, 0.717) is 0 Å². The summed E-state index contributed by atoms with van der Waals surface area (Å²) in [6.07, 6.45) is 22.8. The molecule has 3 heteroatoms. The van der Waals surface area contributed by atoms with E-state index in [1.807, 2.05) is 0 Å². The highest BCUT2D eigenvalue weighted by molar-refractivity contribution is 7.75. The van der Waals surface area contributed by atoms with E-state index in [1.54, 1.807) is 0 Å². The van der Waals surface area contributed by atoms with Crippen LogP contribution in [0.5, 0.6) is 0 Å². The van der Waals surface area contributed by atoms with E-state index in [-0.39, 0.29) is 0 Å². The Morgan fingerprint density at radius 1 is 0.692 bits per heavy atom. The molecule has 0 aliphatic heterocycles. The molecule has 0 aliphatic carbocycles. The molecule has 0 bridgehead atoms. The number of carbonyl (C=O) groups is 1. The maximum Gasteiger partial charge on any atom is 0.397 e. The Morgan fingerprint density at radius 2 is 1.12 bits per heavy atom. The minimum absolute atomic E-state index is 0.662. The highest BCUT2D eigenvalue weighted by Gasteiger charge is 1.94. The molecule has 0 radical (unpaired) electrons. The summed E-state index contributed by atoms with van der Waals surface area (Å²) in [4.78, 5) is 10.7. The lowest BCUT2D eigenvalue weighted by molar-refractivity contribution is -0.126. The van der Waals surface area contributed by atoms with Gasteiger partial charge in [0.05, 0.1) is 0 Å². The predicted molar refractivity (Wildman–Crippen MR) is 115 cm³/mol. The van der Waals surface area contributed by atoms with E-state index in [4.69, 9.17) is 0 Å². The third kappa shape index (κ3) is 21.0. The van der Waals surface area contributed by atoms with Crippen molar-refractivity contribution in [3.63, 3.8) is 0 Å². The van der Waals surface area contributed by atoms with Crippen molar-refractivity contribution in [2.24, 2.45) is 0 Å². The van der Waals surface area contributed by atoms with Gasteiger partial charge in [0, 0.05) is 25.3 Å². The van der Waals surface area contributed by atoms with E-state index in [1.165, 1.54) is 96.3 Å². The molecule has 0 aliphatic rings. The summed E-state index contributed by atoms with van der Waals surface area (Å²) in [6, 6.07) is 0. The smallest absolute Gasteiger partial charge is 0.385 e. The molecule has 0 saturated heterocycles. The Kier molecular flexibility index (Phi) is 21.1. The van der Waals surface area contributed by atoms with Crippen molar-refractivity contribution in [2.45, 2.75) is 116 Å². The molecule has 0 aromatic heterocycles. The average molecular weight is 379 g/mol. The van der Waals surface area contributed by atoms with Crippen LogP contribution >= 0.6 is 12.9 Å². The summed E-state index contributed by atoms with van der Waals surface area (Å²) in [5.41, 5.74) is 0. The fraction of sp³-hybridized carbons (Fsp3) is 0.783. The van der Waals surface area contributed by atoms with Crippen LogP contribution in [0.3, 0.4) is 0 Å². The first-order valence-electron chi connectivity index (χ1n) is 10.7. The van der Waals surface area contributed by atoms with Crippen molar-refractivity contribution in [3.8, 4) is 23.7 Å². The largest absolute Gasteiger partial charge is 0.397 e. The van der Waals surface area contributed by atoms with Crippen LogP contribution in [-0.2, 0) is 8.98 Å². The second-order valence-corrected chi connectivity index (χ2v) is 7.17. The number of carbonyl (C=O) groups excluding carboxylic acids is 1. The molecule has 0 fully saturated rings. The van der Waals surface area contributed by atoms with E-state index in [0.717, 1.165) is 12.8 Å². The Morgan fingerprint density at radius 3 is 1.54 bits per heavy atom. The van der Waals surface area contributed by atoms with Gasteiger partial charge in [0.2, 0.25) is 0 Å². The highest BCUT2D eigenvalue weighted by Crippen LogP contribution is 2.13. The third-order valence-corrected chi connectivity index (χ3v) is 4.72. The molecule has 148 valence electrons. The zero-order valence-corrected chi connectivity index (χ0v) is 17.7. The van der Waals surface area contributed by atoms with Crippen LogP contribution in [0.2, 0.25) is 0 Å². The van der Waals surface area contributed by atoms with Gasteiger partial charge in [0.15, 0.2) is 0 Å². The molecule has 0 unspecified atom stereocenters.